The van der Waals surface area contributed by atoms with Crippen LogP contribution in [0.1, 0.15) is 102 Å². The molecule has 5 N–H and O–H groups in total. The number of rotatable bonds is 12. The maximum atomic E-state index is 15.0. The Balaban J connectivity index is 1.47. The highest BCUT2D eigenvalue weighted by Gasteiger charge is 2.78. The summed E-state index contributed by atoms with van der Waals surface area (Å²) >= 11 is 0. The van der Waals surface area contributed by atoms with Crippen molar-refractivity contribution in [1.29, 1.82) is 0 Å². The number of nitrogens with one attached hydrogen (secondary N) is 1. The van der Waals surface area contributed by atoms with Crippen molar-refractivity contribution in [3.63, 3.8) is 0 Å². The van der Waals surface area contributed by atoms with Crippen molar-refractivity contribution in [3.8, 4) is 0 Å². The highest BCUT2D eigenvalue weighted by Crippen LogP contribution is 2.64. The van der Waals surface area contributed by atoms with Crippen LogP contribution in [0.25, 0.3) is 0 Å². The van der Waals surface area contributed by atoms with Gasteiger partial charge < -0.3 is 44.7 Å². The smallest absolute Gasteiger partial charge is 0.338 e. The predicted octanol–water partition coefficient (Wildman–Crippen LogP) is 3.43. The Bertz CT molecular complexity index is 1930. The lowest BCUT2D eigenvalue weighted by molar-refractivity contribution is -0.346. The molecule has 3 aliphatic carbocycles. The summed E-state index contributed by atoms with van der Waals surface area (Å²) in [7, 11) is 0. The van der Waals surface area contributed by atoms with E-state index >= 15 is 0 Å². The number of ether oxygens (including phenoxy) is 4. The minimum atomic E-state index is -2.33. The van der Waals surface area contributed by atoms with E-state index in [1.807, 2.05) is 6.92 Å². The molecule has 1 saturated heterocycles. The normalized spacial score (nSPS) is 33.4. The maximum Gasteiger partial charge on any atom is 0.338 e. The van der Waals surface area contributed by atoms with Gasteiger partial charge in [0.25, 0.3) is 0 Å². The molecule has 0 spiro atoms. The summed E-state index contributed by atoms with van der Waals surface area (Å²) < 4.78 is 24.2. The van der Waals surface area contributed by atoms with Crippen LogP contribution in [-0.2, 0) is 38.1 Å². The highest BCUT2D eigenvalue weighted by atomic mass is 16.6. The Kier molecular flexibility index (Phi) is 12.1. The Labute approximate surface area is 337 Å². The summed E-state index contributed by atoms with van der Waals surface area (Å²) in [5.41, 5.74) is -6.98. The molecule has 0 aromatic heterocycles. The fourth-order valence-corrected chi connectivity index (χ4v) is 9.91. The zero-order valence-electron chi connectivity index (χ0n) is 33.8. The first-order valence-electron chi connectivity index (χ1n) is 20.0. The Morgan fingerprint density at radius 3 is 2.19 bits per heavy atom. The number of ketones is 1. The highest BCUT2D eigenvalue weighted by molar-refractivity contribution is 5.94. The first-order chi connectivity index (χ1) is 27.3. The third-order valence-corrected chi connectivity index (χ3v) is 13.2. The molecular weight excluding hydrogens is 750 g/mol. The monoisotopic (exact) mass is 805 g/mol. The van der Waals surface area contributed by atoms with E-state index in [-0.39, 0.29) is 42.1 Å². The molecule has 2 aromatic carbocycles. The van der Waals surface area contributed by atoms with Gasteiger partial charge in [0.15, 0.2) is 17.5 Å². The first kappa shape index (κ1) is 43.1. The van der Waals surface area contributed by atoms with Crippen LogP contribution in [0.5, 0.6) is 0 Å². The number of hydrogen-bond donors (Lipinski definition) is 5. The number of aliphatic hydroxyl groups is 4. The van der Waals surface area contributed by atoms with Crippen molar-refractivity contribution in [2.24, 2.45) is 16.7 Å². The molecule has 58 heavy (non-hydrogen) atoms. The van der Waals surface area contributed by atoms with Crippen molar-refractivity contribution in [3.05, 3.63) is 82.9 Å². The van der Waals surface area contributed by atoms with Crippen molar-refractivity contribution in [1.82, 2.24) is 5.32 Å². The molecule has 11 atom stereocenters. The molecule has 14 nitrogen and oxygen atoms in total. The SMILES string of the molecule is CCCCCC(=O)N[C@H](c1ccccc1)[C@@H](O)C(=O)O[C@H]1C[C@@]2(O)[C@@H](OC(=O)c3ccccc3)[C@@H]3[C@]4(OC(C)=O)CO[C@@H]4C[C@H](O)[C@@]3(C)C(=O)[C@H](O)C(=C1C)C2(C)C. The molecule has 3 fully saturated rings. The van der Waals surface area contributed by atoms with E-state index in [1.54, 1.807) is 62.4 Å². The van der Waals surface area contributed by atoms with E-state index in [0.717, 1.165) is 19.8 Å². The molecule has 4 aliphatic rings. The zero-order valence-corrected chi connectivity index (χ0v) is 33.8. The van der Waals surface area contributed by atoms with Crippen LogP contribution in [0.4, 0.5) is 0 Å². The molecule has 14 heteroatoms. The third kappa shape index (κ3) is 7.16. The van der Waals surface area contributed by atoms with Gasteiger partial charge in [-0.1, -0.05) is 82.1 Å². The van der Waals surface area contributed by atoms with Gasteiger partial charge in [-0.2, -0.15) is 0 Å². The quantitative estimate of drug-likeness (QED) is 0.0901. The van der Waals surface area contributed by atoms with Crippen LogP contribution in [-0.4, -0.2) is 104 Å². The van der Waals surface area contributed by atoms with Crippen LogP contribution in [0.15, 0.2) is 71.8 Å². The number of benzene rings is 2. The standard InChI is InChI=1S/C44H55NO13/c1-7-8-11-20-31(48)45-33(26-16-12-9-13-17-26)35(50)40(53)56-28-22-44(54)38(57-39(52)27-18-14-10-15-19-27)36-42(6,37(51)34(49)32(24(28)2)41(44,4)5)29(47)21-30-43(36,23-55-30)58-25(3)46/h9-10,12-19,28-30,33-36,38,47,49-50,54H,7-8,11,20-23H2,1-6H3,(H,45,48)/t28-,29-,30+,33+,34+,35+,36-,38-,42+,43-,44+/m0/s1. The summed E-state index contributed by atoms with van der Waals surface area (Å²) in [5, 5.41) is 51.8. The summed E-state index contributed by atoms with van der Waals surface area (Å²) in [6.07, 6.45) is -7.83. The second-order valence-electron chi connectivity index (χ2n) is 17.0. The van der Waals surface area contributed by atoms with Crippen LogP contribution >= 0.6 is 0 Å². The van der Waals surface area contributed by atoms with Crippen LogP contribution in [0.2, 0.25) is 0 Å². The summed E-state index contributed by atoms with van der Waals surface area (Å²) in [6.45, 7) is 8.94. The minimum Gasteiger partial charge on any atom is -0.456 e. The number of hydrogen-bond acceptors (Lipinski definition) is 13. The molecule has 2 aromatic rings. The van der Waals surface area contributed by atoms with Gasteiger partial charge in [0, 0.05) is 31.6 Å². The molecule has 1 amide bonds. The van der Waals surface area contributed by atoms with Gasteiger partial charge in [-0.15, -0.1) is 0 Å². The largest absolute Gasteiger partial charge is 0.456 e. The van der Waals surface area contributed by atoms with Crippen LogP contribution in [0.3, 0.4) is 0 Å². The molecule has 314 valence electrons. The molecular formula is C44H55NO13. The van der Waals surface area contributed by atoms with Crippen molar-refractivity contribution >= 4 is 29.6 Å². The van der Waals surface area contributed by atoms with E-state index in [9.17, 15) is 44.4 Å². The number of aliphatic hydroxyl groups excluding tert-OH is 3. The third-order valence-electron chi connectivity index (χ3n) is 13.2. The molecule has 2 bridgehead atoms. The number of esters is 3. The molecule has 0 unspecified atom stereocenters. The number of Topliss-reactive ketones (excluding diaryl/α,β-unsaturated/α-hetero) is 1. The lowest BCUT2D eigenvalue weighted by atomic mass is 9.44. The van der Waals surface area contributed by atoms with Crippen molar-refractivity contribution in [2.45, 2.75) is 134 Å². The average molecular weight is 806 g/mol. The van der Waals surface area contributed by atoms with Gasteiger partial charge in [-0.3, -0.25) is 14.4 Å². The molecule has 0 radical (unpaired) electrons. The minimum absolute atomic E-state index is 0.0384. The van der Waals surface area contributed by atoms with Crippen molar-refractivity contribution < 1.29 is 63.3 Å². The summed E-state index contributed by atoms with van der Waals surface area (Å²) in [4.78, 5) is 69.0. The van der Waals surface area contributed by atoms with Gasteiger partial charge >= 0.3 is 17.9 Å². The van der Waals surface area contributed by atoms with E-state index in [1.165, 1.54) is 26.0 Å². The Morgan fingerprint density at radius 2 is 1.60 bits per heavy atom. The molecule has 2 saturated carbocycles. The molecule has 1 aliphatic heterocycles. The van der Waals surface area contributed by atoms with Gasteiger partial charge in [-0.25, -0.2) is 9.59 Å². The average Bonchev–Trinajstić information content (AvgIpc) is 3.18. The van der Waals surface area contributed by atoms with E-state index in [0.29, 0.717) is 12.0 Å². The van der Waals surface area contributed by atoms with Gasteiger partial charge in [0.2, 0.25) is 5.91 Å². The fraction of sp³-hybridized carbons (Fsp3) is 0.568. The molecule has 1 heterocycles. The predicted molar refractivity (Wildman–Crippen MR) is 207 cm³/mol. The number of fused-ring (bicyclic) bond motifs is 5. The maximum absolute atomic E-state index is 15.0. The second kappa shape index (κ2) is 16.3. The fourth-order valence-electron chi connectivity index (χ4n) is 9.91. The lowest BCUT2D eigenvalue weighted by Crippen LogP contribution is -2.81. The number of amides is 1. The van der Waals surface area contributed by atoms with E-state index < -0.39 is 101 Å². The first-order valence-corrected chi connectivity index (χ1v) is 20.0. The molecule has 6 rings (SSSR count). The topological polar surface area (TPSA) is 215 Å². The zero-order chi connectivity index (χ0) is 42.4. The number of carbonyl (C=O) groups is 5. The van der Waals surface area contributed by atoms with E-state index in [4.69, 9.17) is 18.9 Å². The number of unbranched alkanes of at least 4 members (excludes halogenated alkanes) is 2. The Morgan fingerprint density at radius 1 is 0.966 bits per heavy atom. The summed E-state index contributed by atoms with van der Waals surface area (Å²) in [6, 6.07) is 15.1. The van der Waals surface area contributed by atoms with Crippen molar-refractivity contribution in [2.75, 3.05) is 6.61 Å². The van der Waals surface area contributed by atoms with Crippen LogP contribution < -0.4 is 5.32 Å². The van der Waals surface area contributed by atoms with Gasteiger partial charge in [0.05, 0.1) is 35.6 Å². The number of carbonyl (C=O) groups excluding carboxylic acids is 5. The Hall–Kier alpha value is -4.47. The van der Waals surface area contributed by atoms with Crippen LogP contribution in [0, 0.1) is 16.7 Å². The lowest BCUT2D eigenvalue weighted by Gasteiger charge is -2.67. The van der Waals surface area contributed by atoms with E-state index in [2.05, 4.69) is 5.32 Å². The summed E-state index contributed by atoms with van der Waals surface area (Å²) in [5.74, 6) is -5.62. The van der Waals surface area contributed by atoms with Gasteiger partial charge in [-0.05, 0) is 49.1 Å². The van der Waals surface area contributed by atoms with Gasteiger partial charge in [0.1, 0.15) is 30.0 Å². The second-order valence-corrected chi connectivity index (χ2v) is 17.0.